The van der Waals surface area contributed by atoms with Gasteiger partial charge in [-0.15, -0.1) is 0 Å². The van der Waals surface area contributed by atoms with Crippen molar-refractivity contribution in [3.63, 3.8) is 0 Å². The second-order valence-corrected chi connectivity index (χ2v) is 2.34. The summed E-state index contributed by atoms with van der Waals surface area (Å²) in [6.07, 6.45) is -1.32. The smallest absolute Gasteiger partial charge is 0.170 e. The fraction of sp³-hybridized carbons (Fsp3) is 0.833. The summed E-state index contributed by atoms with van der Waals surface area (Å²) in [6, 6.07) is 0. The second-order valence-electron chi connectivity index (χ2n) is 2.34. The van der Waals surface area contributed by atoms with Crippen LogP contribution >= 0.6 is 0 Å². The molecule has 0 aromatic rings. The van der Waals surface area contributed by atoms with Crippen LogP contribution in [0.1, 0.15) is 6.92 Å². The molecule has 1 unspecified atom stereocenters. The monoisotopic (exact) mass is 133 g/mol. The topological polar surface area (TPSA) is 20.3 Å². The van der Waals surface area contributed by atoms with Gasteiger partial charge >= 0.3 is 0 Å². The zero-order valence-electron chi connectivity index (χ0n) is 6.02. The predicted molar refractivity (Wildman–Crippen MR) is 34.1 cm³/mol. The van der Waals surface area contributed by atoms with Crippen molar-refractivity contribution in [1.29, 1.82) is 0 Å². The van der Waals surface area contributed by atoms with Crippen LogP contribution in [0.25, 0.3) is 0 Å². The molecular weight excluding hydrogens is 121 g/mol. The third kappa shape index (κ3) is 4.09. The van der Waals surface area contributed by atoms with E-state index in [0.717, 1.165) is 0 Å². The number of nitrogens with zero attached hydrogens (tertiary/aromatic N) is 1. The first-order chi connectivity index (χ1) is 4.04. The zero-order chi connectivity index (χ0) is 7.44. The van der Waals surface area contributed by atoms with Gasteiger partial charge in [-0.05, 0) is 21.0 Å². The van der Waals surface area contributed by atoms with E-state index in [4.69, 9.17) is 0 Å². The van der Waals surface area contributed by atoms with Crippen LogP contribution in [-0.2, 0) is 4.79 Å². The molecule has 54 valence electrons. The maximum atomic E-state index is 12.4. The zero-order valence-corrected chi connectivity index (χ0v) is 6.02. The lowest BCUT2D eigenvalue weighted by Gasteiger charge is -2.10. The lowest BCUT2D eigenvalue weighted by molar-refractivity contribution is -0.122. The van der Waals surface area contributed by atoms with Crippen LogP contribution < -0.4 is 0 Å². The van der Waals surface area contributed by atoms with Crippen molar-refractivity contribution in [2.75, 3.05) is 20.6 Å². The van der Waals surface area contributed by atoms with Gasteiger partial charge in [0.25, 0.3) is 0 Å². The Balaban J connectivity index is 3.50. The standard InChI is InChI=1S/C6H12FNO/c1-5(9)6(7)4-8(2)3/h6H,4H2,1-3H3. The van der Waals surface area contributed by atoms with Crippen LogP contribution in [0.5, 0.6) is 0 Å². The molecular formula is C6H12FNO. The summed E-state index contributed by atoms with van der Waals surface area (Å²) in [5, 5.41) is 0. The normalized spacial score (nSPS) is 13.9. The van der Waals surface area contributed by atoms with Gasteiger partial charge in [0.15, 0.2) is 12.0 Å². The number of rotatable bonds is 3. The van der Waals surface area contributed by atoms with Gasteiger partial charge in [-0.2, -0.15) is 0 Å². The summed E-state index contributed by atoms with van der Waals surface area (Å²) in [5.74, 6) is -0.399. The molecule has 2 nitrogen and oxygen atoms in total. The molecule has 0 aliphatic heterocycles. The van der Waals surface area contributed by atoms with Crippen LogP contribution in [0.3, 0.4) is 0 Å². The molecule has 0 radical (unpaired) electrons. The van der Waals surface area contributed by atoms with Crippen molar-refractivity contribution >= 4 is 5.78 Å². The maximum absolute atomic E-state index is 12.4. The molecule has 9 heavy (non-hydrogen) atoms. The Hall–Kier alpha value is -0.440. The molecule has 0 aromatic carbocycles. The Kier molecular flexibility index (Phi) is 3.39. The first-order valence-corrected chi connectivity index (χ1v) is 2.83. The van der Waals surface area contributed by atoms with Crippen LogP contribution in [0, 0.1) is 0 Å². The third-order valence-electron chi connectivity index (χ3n) is 0.967. The number of carbonyl (C=O) groups excluding carboxylic acids is 1. The summed E-state index contributed by atoms with van der Waals surface area (Å²) in [6.45, 7) is 1.45. The van der Waals surface area contributed by atoms with Gasteiger partial charge < -0.3 is 4.90 Å². The number of carbonyl (C=O) groups is 1. The van der Waals surface area contributed by atoms with Crippen molar-refractivity contribution in [2.24, 2.45) is 0 Å². The van der Waals surface area contributed by atoms with Crippen LogP contribution in [0.15, 0.2) is 0 Å². The van der Waals surface area contributed by atoms with Crippen molar-refractivity contribution in [1.82, 2.24) is 4.90 Å². The van der Waals surface area contributed by atoms with Crippen molar-refractivity contribution in [2.45, 2.75) is 13.1 Å². The molecule has 0 amide bonds. The van der Waals surface area contributed by atoms with Gasteiger partial charge in [-0.3, -0.25) is 4.79 Å². The first-order valence-electron chi connectivity index (χ1n) is 2.83. The van der Waals surface area contributed by atoms with Gasteiger partial charge in [0, 0.05) is 6.54 Å². The van der Waals surface area contributed by atoms with Crippen molar-refractivity contribution < 1.29 is 9.18 Å². The van der Waals surface area contributed by atoms with Gasteiger partial charge in [0.1, 0.15) is 0 Å². The predicted octanol–water partition coefficient (Wildman–Crippen LogP) is 0.475. The van der Waals surface area contributed by atoms with E-state index in [2.05, 4.69) is 0 Å². The fourth-order valence-electron chi connectivity index (χ4n) is 0.449. The Bertz CT molecular complexity index is 103. The van der Waals surface area contributed by atoms with Crippen LogP contribution in [-0.4, -0.2) is 37.5 Å². The van der Waals surface area contributed by atoms with E-state index in [1.807, 2.05) is 0 Å². The van der Waals surface area contributed by atoms with Gasteiger partial charge in [-0.1, -0.05) is 0 Å². The molecule has 0 fully saturated rings. The second kappa shape index (κ2) is 3.56. The molecule has 0 spiro atoms. The molecule has 0 heterocycles. The van der Waals surface area contributed by atoms with Crippen LogP contribution in [0.2, 0.25) is 0 Å². The summed E-state index contributed by atoms with van der Waals surface area (Å²) < 4.78 is 12.4. The van der Waals surface area contributed by atoms with Gasteiger partial charge in [-0.25, -0.2) is 4.39 Å². The van der Waals surface area contributed by atoms with Crippen molar-refractivity contribution in [3.05, 3.63) is 0 Å². The van der Waals surface area contributed by atoms with E-state index in [0.29, 0.717) is 0 Å². The molecule has 3 heteroatoms. The Morgan fingerprint density at radius 3 is 2.22 bits per heavy atom. The molecule has 0 saturated carbocycles. The molecule has 0 rings (SSSR count). The maximum Gasteiger partial charge on any atom is 0.170 e. The van der Waals surface area contributed by atoms with E-state index in [1.54, 1.807) is 19.0 Å². The molecule has 0 bridgehead atoms. The first kappa shape index (κ1) is 8.56. The number of halogens is 1. The molecule has 1 atom stereocenters. The highest BCUT2D eigenvalue weighted by molar-refractivity contribution is 5.80. The number of hydrogen-bond acceptors (Lipinski definition) is 2. The molecule has 0 saturated heterocycles. The summed E-state index contributed by atoms with van der Waals surface area (Å²) in [5.41, 5.74) is 0. The molecule has 0 aliphatic rings. The summed E-state index contributed by atoms with van der Waals surface area (Å²) >= 11 is 0. The third-order valence-corrected chi connectivity index (χ3v) is 0.967. The van der Waals surface area contributed by atoms with Crippen molar-refractivity contribution in [3.8, 4) is 0 Å². The van der Waals surface area contributed by atoms with E-state index in [9.17, 15) is 9.18 Å². The molecule has 0 N–H and O–H groups in total. The van der Waals surface area contributed by atoms with E-state index in [1.165, 1.54) is 6.92 Å². The lowest BCUT2D eigenvalue weighted by Crippen LogP contribution is -2.27. The molecule has 0 aliphatic carbocycles. The number of alkyl halides is 1. The van der Waals surface area contributed by atoms with Crippen LogP contribution in [0.4, 0.5) is 4.39 Å². The largest absolute Gasteiger partial charge is 0.306 e. The minimum atomic E-state index is -1.32. The van der Waals surface area contributed by atoms with Gasteiger partial charge in [0.2, 0.25) is 0 Å². The van der Waals surface area contributed by atoms with Gasteiger partial charge in [0.05, 0.1) is 0 Å². The van der Waals surface area contributed by atoms with E-state index < -0.39 is 12.0 Å². The average Bonchev–Trinajstić information content (AvgIpc) is 1.63. The van der Waals surface area contributed by atoms with E-state index >= 15 is 0 Å². The SMILES string of the molecule is CC(=O)C(F)CN(C)C. The number of hydrogen-bond donors (Lipinski definition) is 0. The lowest BCUT2D eigenvalue weighted by atomic mass is 10.3. The summed E-state index contributed by atoms with van der Waals surface area (Å²) in [7, 11) is 3.46. The highest BCUT2D eigenvalue weighted by Crippen LogP contribution is 1.92. The number of Topliss-reactive ketones (excluding diaryl/α,β-unsaturated/α-hetero) is 1. The molecule has 0 aromatic heterocycles. The highest BCUT2D eigenvalue weighted by atomic mass is 19.1. The Morgan fingerprint density at radius 1 is 1.67 bits per heavy atom. The Morgan fingerprint density at radius 2 is 2.11 bits per heavy atom. The number of ketones is 1. The minimum absolute atomic E-state index is 0.190. The highest BCUT2D eigenvalue weighted by Gasteiger charge is 2.11. The minimum Gasteiger partial charge on any atom is -0.306 e. The van der Waals surface area contributed by atoms with E-state index in [-0.39, 0.29) is 6.54 Å². The average molecular weight is 133 g/mol. The fourth-order valence-corrected chi connectivity index (χ4v) is 0.449. The summed E-state index contributed by atoms with van der Waals surface area (Å²) in [4.78, 5) is 11.9. The quantitative estimate of drug-likeness (QED) is 0.558. The Labute approximate surface area is 54.7 Å².